The zero-order chi connectivity index (χ0) is 20.4. The zero-order valence-electron chi connectivity index (χ0n) is 14.5. The van der Waals surface area contributed by atoms with Gasteiger partial charge in [0.15, 0.2) is 5.82 Å². The second kappa shape index (κ2) is 6.42. The summed E-state index contributed by atoms with van der Waals surface area (Å²) in [4.78, 5) is 3.91. The third-order valence-electron chi connectivity index (χ3n) is 5.05. The van der Waals surface area contributed by atoms with Crippen molar-refractivity contribution in [1.82, 2.24) is 18.9 Å². The fraction of sp³-hybridized carbons (Fsp3) is 0.600. The van der Waals surface area contributed by atoms with E-state index in [1.54, 1.807) is 0 Å². The van der Waals surface area contributed by atoms with Crippen molar-refractivity contribution in [2.24, 2.45) is 0 Å². The van der Waals surface area contributed by atoms with Crippen molar-refractivity contribution in [3.63, 3.8) is 0 Å². The van der Waals surface area contributed by atoms with E-state index in [2.05, 4.69) is 15.4 Å². The Balaban J connectivity index is 1.60. The van der Waals surface area contributed by atoms with E-state index in [9.17, 15) is 26.0 Å². The van der Waals surface area contributed by atoms with Crippen LogP contribution in [-0.4, -0.2) is 64.8 Å². The van der Waals surface area contributed by atoms with Crippen LogP contribution >= 0.6 is 11.6 Å². The quantitative estimate of drug-likeness (QED) is 0.737. The number of nitrogens with one attached hydrogen (secondary N) is 1. The Morgan fingerprint density at radius 1 is 1.39 bits per heavy atom. The van der Waals surface area contributed by atoms with Gasteiger partial charge >= 0.3 is 0 Å². The molecule has 0 amide bonds. The first-order valence-corrected chi connectivity index (χ1v) is 10.7. The number of sulfonamides is 1. The molecule has 1 aliphatic carbocycles. The summed E-state index contributed by atoms with van der Waals surface area (Å²) in [5.41, 5.74) is -0.301. The van der Waals surface area contributed by atoms with Gasteiger partial charge in [0.25, 0.3) is 5.92 Å². The van der Waals surface area contributed by atoms with Gasteiger partial charge in [-0.05, 0) is 6.42 Å². The molecule has 3 heterocycles. The van der Waals surface area contributed by atoms with E-state index in [1.165, 1.54) is 0 Å². The minimum atomic E-state index is -3.50. The highest BCUT2D eigenvalue weighted by Gasteiger charge is 2.60. The molecule has 1 saturated heterocycles. The van der Waals surface area contributed by atoms with Crippen LogP contribution in [0, 0.1) is 5.82 Å². The molecular formula is C15H16ClF4N5O2S. The van der Waals surface area contributed by atoms with Gasteiger partial charge in [0, 0.05) is 19.5 Å². The molecule has 28 heavy (non-hydrogen) atoms. The SMILES string of the molecule is CS(=O)(=O)N1CC[C@@H](Nc2ncc3c(F)c(Cl)c(C4CC4(F)F)n3n2)[C@H](F)C1. The van der Waals surface area contributed by atoms with Gasteiger partial charge in [0.1, 0.15) is 16.7 Å². The molecule has 2 aromatic heterocycles. The van der Waals surface area contributed by atoms with Gasteiger partial charge in [0.05, 0.1) is 30.1 Å². The zero-order valence-corrected chi connectivity index (χ0v) is 16.1. The predicted molar refractivity (Wildman–Crippen MR) is 93.6 cm³/mol. The molecule has 0 radical (unpaired) electrons. The molecule has 1 saturated carbocycles. The van der Waals surface area contributed by atoms with Gasteiger partial charge in [0.2, 0.25) is 16.0 Å². The Labute approximate surface area is 162 Å². The highest BCUT2D eigenvalue weighted by Crippen LogP contribution is 2.57. The Morgan fingerprint density at radius 3 is 2.64 bits per heavy atom. The Hall–Kier alpha value is -1.66. The summed E-state index contributed by atoms with van der Waals surface area (Å²) in [6.45, 7) is -0.203. The fourth-order valence-electron chi connectivity index (χ4n) is 3.39. The minimum Gasteiger partial charge on any atom is -0.347 e. The second-order valence-corrected chi connectivity index (χ2v) is 9.45. The van der Waals surface area contributed by atoms with Gasteiger partial charge in [-0.2, -0.15) is 4.31 Å². The highest BCUT2D eigenvalue weighted by atomic mass is 35.5. The second-order valence-electron chi connectivity index (χ2n) is 7.09. The van der Waals surface area contributed by atoms with Gasteiger partial charge < -0.3 is 5.32 Å². The maximum atomic E-state index is 14.4. The van der Waals surface area contributed by atoms with Gasteiger partial charge in [-0.3, -0.25) is 0 Å². The number of rotatable bonds is 4. The Kier molecular flexibility index (Phi) is 4.51. The first-order valence-electron chi connectivity index (χ1n) is 8.45. The largest absolute Gasteiger partial charge is 0.347 e. The van der Waals surface area contributed by atoms with Crippen molar-refractivity contribution in [1.29, 1.82) is 0 Å². The average molecular weight is 442 g/mol. The lowest BCUT2D eigenvalue weighted by Crippen LogP contribution is -2.49. The number of hydrogen-bond acceptors (Lipinski definition) is 5. The lowest BCUT2D eigenvalue weighted by atomic mass is 10.1. The molecule has 154 valence electrons. The van der Waals surface area contributed by atoms with Crippen LogP contribution in [0.25, 0.3) is 5.52 Å². The third kappa shape index (κ3) is 3.30. The van der Waals surface area contributed by atoms with Crippen LogP contribution in [0.1, 0.15) is 24.5 Å². The van der Waals surface area contributed by atoms with Crippen molar-refractivity contribution in [3.05, 3.63) is 22.7 Å². The van der Waals surface area contributed by atoms with Gasteiger partial charge in [-0.1, -0.05) is 11.6 Å². The number of halogens is 5. The Bertz CT molecular complexity index is 1050. The van der Waals surface area contributed by atoms with Crippen LogP contribution in [0.2, 0.25) is 5.02 Å². The van der Waals surface area contributed by atoms with Crippen LogP contribution in [-0.2, 0) is 10.0 Å². The molecule has 0 bridgehead atoms. The van der Waals surface area contributed by atoms with E-state index in [-0.39, 0.29) is 36.7 Å². The molecule has 2 aromatic rings. The van der Waals surface area contributed by atoms with Gasteiger partial charge in [-0.15, -0.1) is 5.10 Å². The van der Waals surface area contributed by atoms with E-state index in [1.807, 2.05) is 0 Å². The number of piperidine rings is 1. The number of fused-ring (bicyclic) bond motifs is 1. The molecule has 1 aliphatic heterocycles. The average Bonchev–Trinajstić information content (AvgIpc) is 3.15. The number of aromatic nitrogens is 3. The molecule has 3 atom stereocenters. The summed E-state index contributed by atoms with van der Waals surface area (Å²) in [6, 6.07) is -0.780. The summed E-state index contributed by atoms with van der Waals surface area (Å²) in [7, 11) is -3.50. The molecule has 4 rings (SSSR count). The van der Waals surface area contributed by atoms with Crippen molar-refractivity contribution in [2.75, 3.05) is 24.7 Å². The third-order valence-corrected chi connectivity index (χ3v) is 6.68. The molecule has 2 aliphatic rings. The lowest BCUT2D eigenvalue weighted by molar-refractivity contribution is 0.111. The van der Waals surface area contributed by atoms with Crippen LogP contribution < -0.4 is 5.32 Å². The monoisotopic (exact) mass is 441 g/mol. The summed E-state index contributed by atoms with van der Waals surface area (Å²) < 4.78 is 80.7. The van der Waals surface area contributed by atoms with Crippen LogP contribution in [0.3, 0.4) is 0 Å². The predicted octanol–water partition coefficient (Wildman–Crippen LogP) is 2.43. The van der Waals surface area contributed by atoms with Crippen LogP contribution in [0.5, 0.6) is 0 Å². The highest BCUT2D eigenvalue weighted by molar-refractivity contribution is 7.88. The van der Waals surface area contributed by atoms with Crippen LogP contribution in [0.15, 0.2) is 6.20 Å². The minimum absolute atomic E-state index is 0.0927. The molecule has 7 nitrogen and oxygen atoms in total. The summed E-state index contributed by atoms with van der Waals surface area (Å²) in [5, 5.41) is 6.32. The molecular weight excluding hydrogens is 426 g/mol. The molecule has 1 unspecified atom stereocenters. The van der Waals surface area contributed by atoms with Gasteiger partial charge in [-0.25, -0.2) is 35.5 Å². The fourth-order valence-corrected chi connectivity index (χ4v) is 4.54. The first kappa shape index (κ1) is 19.6. The van der Waals surface area contributed by atoms with Crippen molar-refractivity contribution in [2.45, 2.75) is 36.9 Å². The van der Waals surface area contributed by atoms with E-state index in [0.29, 0.717) is 0 Å². The molecule has 0 aromatic carbocycles. The first-order chi connectivity index (χ1) is 13.0. The number of hydrogen-bond donors (Lipinski definition) is 1. The summed E-state index contributed by atoms with van der Waals surface area (Å²) in [6.07, 6.45) is 0.259. The standard InChI is InChI=1S/C15H16ClF4N5O2S/c1-28(26,27)24-3-2-9(8(17)6-24)22-14-21-5-10-12(18)11(16)13(25(10)23-14)7-4-15(7,19)20/h5,7-9H,2-4,6H2,1H3,(H,22,23)/t7?,8-,9-/m1/s1. The topological polar surface area (TPSA) is 79.6 Å². The normalized spacial score (nSPS) is 27.9. The number of anilines is 1. The number of alkyl halides is 3. The Morgan fingerprint density at radius 2 is 2.07 bits per heavy atom. The van der Waals surface area contributed by atoms with Crippen LogP contribution in [0.4, 0.5) is 23.5 Å². The van der Waals surface area contributed by atoms with E-state index >= 15 is 0 Å². The molecule has 2 fully saturated rings. The summed E-state index contributed by atoms with van der Waals surface area (Å²) >= 11 is 5.89. The van der Waals surface area contributed by atoms with Crippen molar-refractivity contribution in [3.8, 4) is 0 Å². The lowest BCUT2D eigenvalue weighted by Gasteiger charge is -2.33. The smallest absolute Gasteiger partial charge is 0.257 e. The van der Waals surface area contributed by atoms with E-state index < -0.39 is 51.3 Å². The van der Waals surface area contributed by atoms with Crippen molar-refractivity contribution < 1.29 is 26.0 Å². The summed E-state index contributed by atoms with van der Waals surface area (Å²) in [5.74, 6) is -5.21. The van der Waals surface area contributed by atoms with Crippen molar-refractivity contribution >= 4 is 33.1 Å². The number of nitrogens with zero attached hydrogens (tertiary/aromatic N) is 4. The van der Waals surface area contributed by atoms with E-state index in [0.717, 1.165) is 21.3 Å². The maximum Gasteiger partial charge on any atom is 0.257 e. The molecule has 0 spiro atoms. The maximum absolute atomic E-state index is 14.4. The molecule has 1 N–H and O–H groups in total. The van der Waals surface area contributed by atoms with E-state index in [4.69, 9.17) is 11.6 Å². The molecule has 13 heteroatoms.